The average Bonchev–Trinajstić information content (AvgIpc) is 3.09. The molecule has 1 spiro atoms. The van der Waals surface area contributed by atoms with Crippen LogP contribution in [0.4, 0.5) is 16.4 Å². The van der Waals surface area contributed by atoms with Crippen LogP contribution in [0.5, 0.6) is 5.75 Å². The number of likely N-dealkylation sites (tertiary alicyclic amines) is 3. The summed E-state index contributed by atoms with van der Waals surface area (Å²) in [7, 11) is 0. The quantitative estimate of drug-likeness (QED) is 0.220. The number of nitrogens with zero attached hydrogens (tertiary/aromatic N) is 7. The van der Waals surface area contributed by atoms with Gasteiger partial charge in [-0.15, -0.1) is 0 Å². The van der Waals surface area contributed by atoms with Crippen molar-refractivity contribution in [3.63, 3.8) is 0 Å². The van der Waals surface area contributed by atoms with Gasteiger partial charge in [0.15, 0.2) is 5.69 Å². The molecule has 4 aliphatic heterocycles. The second-order valence-corrected chi connectivity index (χ2v) is 17.2. The lowest BCUT2D eigenvalue weighted by atomic mass is 9.71. The first-order valence-corrected chi connectivity index (χ1v) is 19.1. The second-order valence-electron chi connectivity index (χ2n) is 16.8. The minimum absolute atomic E-state index is 0.184. The van der Waals surface area contributed by atoms with Gasteiger partial charge in [-0.1, -0.05) is 43.6 Å². The number of hydrogen-bond donors (Lipinski definition) is 0. The first-order chi connectivity index (χ1) is 24.8. The monoisotopic (exact) mass is 725 g/mol. The highest BCUT2D eigenvalue weighted by molar-refractivity contribution is 6.31. The van der Waals surface area contributed by atoms with E-state index >= 15 is 0 Å². The van der Waals surface area contributed by atoms with Crippen molar-refractivity contribution in [2.24, 2.45) is 5.41 Å². The molecule has 0 radical (unpaired) electrons. The van der Waals surface area contributed by atoms with Gasteiger partial charge in [-0.3, -0.25) is 9.80 Å². The molecule has 2 aromatic carbocycles. The van der Waals surface area contributed by atoms with E-state index in [2.05, 4.69) is 50.5 Å². The van der Waals surface area contributed by atoms with E-state index in [4.69, 9.17) is 32.6 Å². The second kappa shape index (κ2) is 14.5. The number of amides is 1. The molecule has 0 bridgehead atoms. The van der Waals surface area contributed by atoms with Crippen molar-refractivity contribution in [2.75, 3.05) is 57.3 Å². The molecule has 0 atom stereocenters. The number of benzene rings is 2. The van der Waals surface area contributed by atoms with Crippen molar-refractivity contribution < 1.29 is 14.3 Å². The third-order valence-corrected chi connectivity index (χ3v) is 11.8. The maximum Gasteiger partial charge on any atom is 0.410 e. The SMILES string of the molecule is [C-]#[N+]c1cc(Cl)cc(C(C)(C)c2ccc(OCc3ccnc(N4CCC5(CC4)CN(C4CCN(C6CN(C(=O)OC(C)(C)C)C6)CC4)C5)n3)cc2)c1. The first kappa shape index (κ1) is 36.4. The zero-order chi connectivity index (χ0) is 36.7. The molecule has 0 aliphatic carbocycles. The van der Waals surface area contributed by atoms with E-state index in [9.17, 15) is 4.79 Å². The summed E-state index contributed by atoms with van der Waals surface area (Å²) in [6.45, 7) is 26.0. The Morgan fingerprint density at radius 1 is 0.923 bits per heavy atom. The van der Waals surface area contributed by atoms with Crippen molar-refractivity contribution in [2.45, 2.75) is 90.0 Å². The van der Waals surface area contributed by atoms with Crippen LogP contribution in [0, 0.1) is 12.0 Å². The van der Waals surface area contributed by atoms with Gasteiger partial charge in [0.05, 0.1) is 12.3 Å². The van der Waals surface area contributed by atoms with Crippen molar-refractivity contribution in [3.05, 3.63) is 88.0 Å². The highest BCUT2D eigenvalue weighted by atomic mass is 35.5. The van der Waals surface area contributed by atoms with Crippen molar-refractivity contribution in [1.29, 1.82) is 0 Å². The third kappa shape index (κ3) is 8.02. The number of ether oxygens (including phenoxy) is 2. The highest BCUT2D eigenvalue weighted by Crippen LogP contribution is 2.43. The maximum atomic E-state index is 12.3. The largest absolute Gasteiger partial charge is 0.487 e. The summed E-state index contributed by atoms with van der Waals surface area (Å²) in [6.07, 6.45) is 6.43. The summed E-state index contributed by atoms with van der Waals surface area (Å²) in [5.74, 6) is 1.57. The Hall–Kier alpha value is -3.91. The van der Waals surface area contributed by atoms with Gasteiger partial charge < -0.3 is 19.3 Å². The van der Waals surface area contributed by atoms with Crippen LogP contribution in [-0.4, -0.2) is 101 Å². The smallest absolute Gasteiger partial charge is 0.410 e. The number of aromatic nitrogens is 2. The molecule has 3 aromatic rings. The van der Waals surface area contributed by atoms with Gasteiger partial charge in [-0.05, 0) is 93.3 Å². The molecule has 1 aromatic heterocycles. The number of hydrogen-bond acceptors (Lipinski definition) is 8. The number of halogens is 1. The number of carbonyl (C=O) groups excluding carboxylic acids is 1. The van der Waals surface area contributed by atoms with Crippen LogP contribution in [0.25, 0.3) is 4.85 Å². The Kier molecular flexibility index (Phi) is 10.2. The van der Waals surface area contributed by atoms with E-state index in [1.54, 1.807) is 6.07 Å². The minimum atomic E-state index is -0.443. The fourth-order valence-electron chi connectivity index (χ4n) is 8.26. The molecule has 4 aliphatic rings. The molecular weight excluding hydrogens is 674 g/mol. The van der Waals surface area contributed by atoms with Crippen molar-refractivity contribution >= 4 is 29.3 Å². The summed E-state index contributed by atoms with van der Waals surface area (Å²) in [4.78, 5) is 34.9. The van der Waals surface area contributed by atoms with Gasteiger partial charge in [0.25, 0.3) is 0 Å². The summed E-state index contributed by atoms with van der Waals surface area (Å²) >= 11 is 6.31. The predicted octanol–water partition coefficient (Wildman–Crippen LogP) is 7.57. The molecule has 4 fully saturated rings. The number of carbonyl (C=O) groups is 1. The molecule has 7 rings (SSSR count). The molecule has 0 N–H and O–H groups in total. The van der Waals surface area contributed by atoms with E-state index in [0.29, 0.717) is 34.8 Å². The van der Waals surface area contributed by atoms with Crippen molar-refractivity contribution in [3.8, 4) is 5.75 Å². The molecule has 52 heavy (non-hydrogen) atoms. The minimum Gasteiger partial charge on any atom is -0.487 e. The Labute approximate surface area is 313 Å². The summed E-state index contributed by atoms with van der Waals surface area (Å²) in [5.41, 5.74) is 3.18. The number of rotatable bonds is 8. The van der Waals surface area contributed by atoms with Gasteiger partial charge in [-0.2, -0.15) is 0 Å². The zero-order valence-electron chi connectivity index (χ0n) is 31.3. The van der Waals surface area contributed by atoms with Gasteiger partial charge >= 0.3 is 6.09 Å². The molecule has 0 unspecified atom stereocenters. The Morgan fingerprint density at radius 3 is 2.27 bits per heavy atom. The molecule has 4 saturated heterocycles. The van der Waals surface area contributed by atoms with Crippen LogP contribution < -0.4 is 9.64 Å². The standard InChI is InChI=1S/C41H52ClN7O3/c1-39(2,3)52-38(50)48-24-35(25-48)46-17-12-34(13-18-46)49-27-41(28-49)14-19-47(20-15-41)37-44-16-11-32(45-37)26-51-36-9-7-29(8-10-36)40(4,5)30-21-31(42)23-33(22-30)43-6/h7-11,16,21-23,34-35H,12-15,17-20,24-28H2,1-5H3. The van der Waals surface area contributed by atoms with Crippen LogP contribution >= 0.6 is 11.6 Å². The summed E-state index contributed by atoms with van der Waals surface area (Å²) in [5, 5.41) is 0.572. The van der Waals surface area contributed by atoms with E-state index in [0.717, 1.165) is 67.8 Å². The van der Waals surface area contributed by atoms with E-state index < -0.39 is 5.60 Å². The molecule has 11 heteroatoms. The van der Waals surface area contributed by atoms with E-state index in [1.165, 1.54) is 38.8 Å². The third-order valence-electron chi connectivity index (χ3n) is 11.6. The summed E-state index contributed by atoms with van der Waals surface area (Å²) in [6, 6.07) is 16.7. The molecule has 10 nitrogen and oxygen atoms in total. The van der Waals surface area contributed by atoms with Crippen LogP contribution in [0.3, 0.4) is 0 Å². The highest BCUT2D eigenvalue weighted by Gasteiger charge is 2.48. The fraction of sp³-hybridized carbons (Fsp3) is 0.561. The molecule has 5 heterocycles. The van der Waals surface area contributed by atoms with Crippen LogP contribution in [0.2, 0.25) is 5.02 Å². The number of piperidine rings is 2. The Bertz CT molecular complexity index is 1770. The first-order valence-electron chi connectivity index (χ1n) is 18.7. The van der Waals surface area contributed by atoms with Gasteiger partial charge in [0.2, 0.25) is 5.95 Å². The Balaban J connectivity index is 0.840. The van der Waals surface area contributed by atoms with Gasteiger partial charge in [0.1, 0.15) is 18.0 Å². The lowest BCUT2D eigenvalue weighted by Gasteiger charge is -2.58. The topological polar surface area (TPSA) is 78.6 Å². The van der Waals surface area contributed by atoms with Crippen molar-refractivity contribution in [1.82, 2.24) is 24.7 Å². The lowest BCUT2D eigenvalue weighted by molar-refractivity contribution is -0.0714. The van der Waals surface area contributed by atoms with Gasteiger partial charge in [-0.25, -0.2) is 19.6 Å². The lowest BCUT2D eigenvalue weighted by Crippen LogP contribution is -2.66. The zero-order valence-corrected chi connectivity index (χ0v) is 32.0. The fourth-order valence-corrected chi connectivity index (χ4v) is 8.49. The van der Waals surface area contributed by atoms with Crippen LogP contribution in [0.15, 0.2) is 54.7 Å². The normalized spacial score (nSPS) is 20.2. The Morgan fingerprint density at radius 2 is 1.62 bits per heavy atom. The molecule has 276 valence electrons. The molecular formula is C41H52ClN7O3. The predicted molar refractivity (Wildman–Crippen MR) is 204 cm³/mol. The van der Waals surface area contributed by atoms with Gasteiger partial charge in [0, 0.05) is 81.1 Å². The van der Waals surface area contributed by atoms with E-state index in [1.807, 2.05) is 62.2 Å². The number of anilines is 1. The average molecular weight is 726 g/mol. The van der Waals surface area contributed by atoms with E-state index in [-0.39, 0.29) is 11.5 Å². The maximum absolute atomic E-state index is 12.3. The molecule has 0 saturated carbocycles. The molecule has 1 amide bonds. The van der Waals surface area contributed by atoms with Crippen LogP contribution in [0.1, 0.15) is 77.1 Å². The summed E-state index contributed by atoms with van der Waals surface area (Å²) < 4.78 is 11.7. The van der Waals surface area contributed by atoms with Crippen LogP contribution in [-0.2, 0) is 16.8 Å².